The third kappa shape index (κ3) is 4.63. The van der Waals surface area contributed by atoms with Crippen molar-refractivity contribution >= 4 is 5.91 Å². The molecule has 3 aromatic carbocycles. The minimum atomic E-state index is -0.370. The first kappa shape index (κ1) is 20.0. The number of hydrogen-bond acceptors (Lipinski definition) is 4. The number of fused-ring (bicyclic) bond motifs is 1. The molecule has 1 aliphatic rings. The highest BCUT2D eigenvalue weighted by atomic mass is 16.7. The molecular formula is C25H26N2O3. The van der Waals surface area contributed by atoms with Gasteiger partial charge >= 0.3 is 0 Å². The summed E-state index contributed by atoms with van der Waals surface area (Å²) >= 11 is 0. The van der Waals surface area contributed by atoms with Crippen LogP contribution in [0.3, 0.4) is 0 Å². The standard InChI is InChI=1S/C25H26N2O3/c1-17-8-11-21(12-9-17)24(20-6-4-3-5-7-20)27-18(2)25(28)26-15-19-10-13-22-23(14-19)30-16-29-22/h3-14,18,24,27H,15-16H2,1-2H3,(H,26,28)/t18-,24+/m0/s1. The normalized spacial score (nSPS) is 14.2. The van der Waals surface area contributed by atoms with E-state index in [-0.39, 0.29) is 24.8 Å². The number of aryl methyl sites for hydroxylation is 1. The van der Waals surface area contributed by atoms with E-state index >= 15 is 0 Å². The van der Waals surface area contributed by atoms with Crippen molar-refractivity contribution in [2.75, 3.05) is 6.79 Å². The number of carbonyl (C=O) groups is 1. The molecule has 0 fully saturated rings. The zero-order chi connectivity index (χ0) is 20.9. The fourth-order valence-electron chi connectivity index (χ4n) is 3.51. The Morgan fingerprint density at radius 3 is 2.40 bits per heavy atom. The Balaban J connectivity index is 1.43. The smallest absolute Gasteiger partial charge is 0.237 e. The van der Waals surface area contributed by atoms with Crippen molar-refractivity contribution in [1.82, 2.24) is 10.6 Å². The summed E-state index contributed by atoms with van der Waals surface area (Å²) in [7, 11) is 0. The van der Waals surface area contributed by atoms with Gasteiger partial charge in [-0.15, -0.1) is 0 Å². The molecular weight excluding hydrogens is 376 g/mol. The van der Waals surface area contributed by atoms with Crippen LogP contribution < -0.4 is 20.1 Å². The van der Waals surface area contributed by atoms with Crippen LogP contribution in [0.2, 0.25) is 0 Å². The summed E-state index contributed by atoms with van der Waals surface area (Å²) in [5, 5.41) is 6.50. The Hall–Kier alpha value is -3.31. The highest BCUT2D eigenvalue weighted by Gasteiger charge is 2.21. The van der Waals surface area contributed by atoms with Crippen LogP contribution in [0, 0.1) is 6.92 Å². The summed E-state index contributed by atoms with van der Waals surface area (Å²) in [6.45, 7) is 4.63. The molecule has 0 aliphatic carbocycles. The van der Waals surface area contributed by atoms with Gasteiger partial charge in [0.05, 0.1) is 12.1 Å². The van der Waals surface area contributed by atoms with Gasteiger partial charge in [-0.05, 0) is 42.7 Å². The quantitative estimate of drug-likeness (QED) is 0.625. The average molecular weight is 402 g/mol. The van der Waals surface area contributed by atoms with Gasteiger partial charge in [-0.25, -0.2) is 0 Å². The maximum Gasteiger partial charge on any atom is 0.237 e. The van der Waals surface area contributed by atoms with Gasteiger partial charge in [0, 0.05) is 6.54 Å². The number of amides is 1. The Morgan fingerprint density at radius 1 is 0.933 bits per heavy atom. The fourth-order valence-corrected chi connectivity index (χ4v) is 3.51. The lowest BCUT2D eigenvalue weighted by atomic mass is 9.97. The van der Waals surface area contributed by atoms with E-state index in [1.165, 1.54) is 5.56 Å². The van der Waals surface area contributed by atoms with E-state index in [4.69, 9.17) is 9.47 Å². The monoisotopic (exact) mass is 402 g/mol. The number of rotatable bonds is 7. The zero-order valence-corrected chi connectivity index (χ0v) is 17.2. The molecule has 30 heavy (non-hydrogen) atoms. The summed E-state index contributed by atoms with van der Waals surface area (Å²) in [6.07, 6.45) is 0. The first-order chi connectivity index (χ1) is 14.6. The van der Waals surface area contributed by atoms with E-state index in [1.54, 1.807) is 0 Å². The summed E-state index contributed by atoms with van der Waals surface area (Å²) < 4.78 is 10.7. The molecule has 1 aliphatic heterocycles. The van der Waals surface area contributed by atoms with Crippen LogP contribution in [0.4, 0.5) is 0 Å². The van der Waals surface area contributed by atoms with Crippen LogP contribution in [0.25, 0.3) is 0 Å². The molecule has 2 atom stereocenters. The van der Waals surface area contributed by atoms with Gasteiger partial charge < -0.3 is 14.8 Å². The molecule has 5 nitrogen and oxygen atoms in total. The second-order valence-electron chi connectivity index (χ2n) is 7.55. The minimum absolute atomic E-state index is 0.0549. The van der Waals surface area contributed by atoms with Crippen LogP contribution >= 0.6 is 0 Å². The lowest BCUT2D eigenvalue weighted by Gasteiger charge is -2.24. The van der Waals surface area contributed by atoms with Crippen LogP contribution in [-0.4, -0.2) is 18.7 Å². The molecule has 0 aromatic heterocycles. The summed E-state index contributed by atoms with van der Waals surface area (Å²) in [5.74, 6) is 1.40. The van der Waals surface area contributed by atoms with Gasteiger partial charge in [-0.2, -0.15) is 0 Å². The summed E-state index contributed by atoms with van der Waals surface area (Å²) in [5.41, 5.74) is 4.43. The first-order valence-electron chi connectivity index (χ1n) is 10.1. The molecule has 5 heteroatoms. The second kappa shape index (κ2) is 9.01. The molecule has 0 spiro atoms. The van der Waals surface area contributed by atoms with E-state index < -0.39 is 0 Å². The van der Waals surface area contributed by atoms with Crippen LogP contribution in [0.1, 0.15) is 35.2 Å². The highest BCUT2D eigenvalue weighted by Crippen LogP contribution is 2.32. The maximum absolute atomic E-state index is 12.8. The van der Waals surface area contributed by atoms with Gasteiger partial charge in [0.1, 0.15) is 0 Å². The van der Waals surface area contributed by atoms with Crippen LogP contribution in [0.5, 0.6) is 11.5 Å². The Kier molecular flexibility index (Phi) is 6.00. The molecule has 1 heterocycles. The van der Waals surface area contributed by atoms with E-state index in [0.29, 0.717) is 6.54 Å². The predicted octanol–water partition coefficient (Wildman–Crippen LogP) is 4.11. The van der Waals surface area contributed by atoms with Crippen molar-refractivity contribution in [3.63, 3.8) is 0 Å². The minimum Gasteiger partial charge on any atom is -0.454 e. The van der Waals surface area contributed by atoms with Gasteiger partial charge in [0.25, 0.3) is 0 Å². The summed E-state index contributed by atoms with van der Waals surface area (Å²) in [4.78, 5) is 12.8. The molecule has 3 aromatic rings. The van der Waals surface area contributed by atoms with Gasteiger partial charge in [0.15, 0.2) is 11.5 Å². The van der Waals surface area contributed by atoms with Crippen LogP contribution in [0.15, 0.2) is 72.8 Å². The van der Waals surface area contributed by atoms with E-state index in [0.717, 1.165) is 28.2 Å². The van der Waals surface area contributed by atoms with Gasteiger partial charge in [0.2, 0.25) is 12.7 Å². The molecule has 0 saturated heterocycles. The maximum atomic E-state index is 12.8. The van der Waals surface area contributed by atoms with E-state index in [1.807, 2.05) is 43.3 Å². The largest absolute Gasteiger partial charge is 0.454 e. The number of hydrogen-bond donors (Lipinski definition) is 2. The average Bonchev–Trinajstić information content (AvgIpc) is 3.25. The number of carbonyl (C=O) groups excluding carboxylic acids is 1. The zero-order valence-electron chi connectivity index (χ0n) is 17.2. The van der Waals surface area contributed by atoms with Gasteiger partial charge in [-0.1, -0.05) is 66.2 Å². The second-order valence-corrected chi connectivity index (χ2v) is 7.55. The van der Waals surface area contributed by atoms with Crippen molar-refractivity contribution < 1.29 is 14.3 Å². The molecule has 154 valence electrons. The first-order valence-corrected chi connectivity index (χ1v) is 10.1. The van der Waals surface area contributed by atoms with Crippen LogP contribution in [-0.2, 0) is 11.3 Å². The van der Waals surface area contributed by atoms with Crippen molar-refractivity contribution in [3.8, 4) is 11.5 Å². The Bertz CT molecular complexity index is 1000. The number of nitrogens with one attached hydrogen (secondary N) is 2. The van der Waals surface area contributed by atoms with Crippen molar-refractivity contribution in [1.29, 1.82) is 0 Å². The molecule has 1 amide bonds. The third-order valence-corrected chi connectivity index (χ3v) is 5.26. The molecule has 2 N–H and O–H groups in total. The molecule has 0 unspecified atom stereocenters. The molecule has 0 saturated carbocycles. The predicted molar refractivity (Wildman–Crippen MR) is 116 cm³/mol. The SMILES string of the molecule is Cc1ccc([C@H](N[C@@H](C)C(=O)NCc2ccc3c(c2)OCO3)c2ccccc2)cc1. The third-order valence-electron chi connectivity index (χ3n) is 5.26. The van der Waals surface area contributed by atoms with Gasteiger partial charge in [-0.3, -0.25) is 10.1 Å². The fraction of sp³-hybridized carbons (Fsp3) is 0.240. The topological polar surface area (TPSA) is 59.6 Å². The van der Waals surface area contributed by atoms with Crippen molar-refractivity contribution in [3.05, 3.63) is 95.1 Å². The molecule has 0 bridgehead atoms. The highest BCUT2D eigenvalue weighted by molar-refractivity contribution is 5.81. The Labute approximate surface area is 177 Å². The van der Waals surface area contributed by atoms with Crippen molar-refractivity contribution in [2.24, 2.45) is 0 Å². The van der Waals surface area contributed by atoms with Crippen molar-refractivity contribution in [2.45, 2.75) is 32.5 Å². The lowest BCUT2D eigenvalue weighted by molar-refractivity contribution is -0.123. The number of ether oxygens (including phenoxy) is 2. The molecule has 0 radical (unpaired) electrons. The Morgan fingerprint density at radius 2 is 1.63 bits per heavy atom. The number of benzene rings is 3. The van der Waals surface area contributed by atoms with E-state index in [9.17, 15) is 4.79 Å². The molecule has 4 rings (SSSR count). The lowest BCUT2D eigenvalue weighted by Crippen LogP contribution is -2.43. The summed E-state index contributed by atoms with van der Waals surface area (Å²) in [6, 6.07) is 23.9. The van der Waals surface area contributed by atoms with E-state index in [2.05, 4.69) is 54.0 Å².